The molecule has 0 heterocycles. The number of halogens is 1. The van der Waals surface area contributed by atoms with Crippen LogP contribution in [-0.4, -0.2) is 6.29 Å². The highest BCUT2D eigenvalue weighted by molar-refractivity contribution is 5.75. The van der Waals surface area contributed by atoms with Gasteiger partial charge in [0.2, 0.25) is 0 Å². The Hall–Kier alpha value is -2.16. The predicted octanol–water partition coefficient (Wildman–Crippen LogP) is 5.04. The summed E-state index contributed by atoms with van der Waals surface area (Å²) in [6.45, 7) is 8.30. The number of benzene rings is 2. The first kappa shape index (κ1) is 15.2. The fourth-order valence-corrected chi connectivity index (χ4v) is 2.16. The van der Waals surface area contributed by atoms with Crippen LogP contribution in [0.15, 0.2) is 36.4 Å². The maximum Gasteiger partial charge on any atom is 0.150 e. The van der Waals surface area contributed by atoms with E-state index < -0.39 is 5.82 Å². The Morgan fingerprint density at radius 3 is 2.43 bits per heavy atom. The monoisotopic (exact) mass is 286 g/mol. The molecule has 3 heteroatoms. The van der Waals surface area contributed by atoms with Gasteiger partial charge in [-0.1, -0.05) is 38.5 Å². The highest BCUT2D eigenvalue weighted by atomic mass is 19.1. The molecule has 0 bridgehead atoms. The minimum atomic E-state index is -0.487. The van der Waals surface area contributed by atoms with E-state index in [9.17, 15) is 9.18 Å². The maximum absolute atomic E-state index is 13.5. The van der Waals surface area contributed by atoms with Gasteiger partial charge in [0.15, 0.2) is 0 Å². The molecule has 2 rings (SSSR count). The van der Waals surface area contributed by atoms with Crippen LogP contribution in [0.1, 0.15) is 42.3 Å². The van der Waals surface area contributed by atoms with Crippen molar-refractivity contribution in [2.45, 2.75) is 33.1 Å². The molecule has 0 aliphatic carbocycles. The van der Waals surface area contributed by atoms with Crippen molar-refractivity contribution in [2.24, 2.45) is 0 Å². The number of carbonyl (C=O) groups is 1. The highest BCUT2D eigenvalue weighted by Gasteiger charge is 2.19. The van der Waals surface area contributed by atoms with Gasteiger partial charge in [0.05, 0.1) is 0 Å². The molecule has 2 aromatic rings. The van der Waals surface area contributed by atoms with Crippen LogP contribution in [0.25, 0.3) is 0 Å². The zero-order chi connectivity index (χ0) is 15.6. The van der Waals surface area contributed by atoms with Gasteiger partial charge in [-0.05, 0) is 30.5 Å². The number of aldehydes is 1. The number of hydrogen-bond acceptors (Lipinski definition) is 2. The van der Waals surface area contributed by atoms with E-state index in [1.54, 1.807) is 0 Å². The topological polar surface area (TPSA) is 26.3 Å². The summed E-state index contributed by atoms with van der Waals surface area (Å²) in [5, 5.41) is 0. The van der Waals surface area contributed by atoms with Gasteiger partial charge in [-0.25, -0.2) is 4.39 Å². The average Bonchev–Trinajstić information content (AvgIpc) is 2.39. The second kappa shape index (κ2) is 5.68. The van der Waals surface area contributed by atoms with Gasteiger partial charge < -0.3 is 4.74 Å². The molecule has 0 aliphatic rings. The normalized spacial score (nSPS) is 11.3. The van der Waals surface area contributed by atoms with Crippen molar-refractivity contribution < 1.29 is 13.9 Å². The molecule has 0 aliphatic heterocycles. The third-order valence-electron chi connectivity index (χ3n) is 3.20. The van der Waals surface area contributed by atoms with Gasteiger partial charge in [-0.15, -0.1) is 0 Å². The van der Waals surface area contributed by atoms with Crippen LogP contribution in [0.4, 0.5) is 4.39 Å². The molecule has 0 atom stereocenters. The van der Waals surface area contributed by atoms with Crippen LogP contribution < -0.4 is 4.74 Å². The Morgan fingerprint density at radius 1 is 1.10 bits per heavy atom. The Labute approximate surface area is 124 Å². The molecule has 0 fully saturated rings. The van der Waals surface area contributed by atoms with Crippen LogP contribution in [0.5, 0.6) is 11.5 Å². The van der Waals surface area contributed by atoms with Gasteiger partial charge >= 0.3 is 0 Å². The summed E-state index contributed by atoms with van der Waals surface area (Å²) in [6, 6.07) is 9.88. The molecule has 2 nitrogen and oxygen atoms in total. The van der Waals surface area contributed by atoms with E-state index >= 15 is 0 Å². The van der Waals surface area contributed by atoms with Crippen LogP contribution in [-0.2, 0) is 5.41 Å². The molecule has 21 heavy (non-hydrogen) atoms. The summed E-state index contributed by atoms with van der Waals surface area (Å²) in [5.41, 5.74) is 2.34. The summed E-state index contributed by atoms with van der Waals surface area (Å²) in [4.78, 5) is 10.8. The molecule has 0 N–H and O–H groups in total. The number of ether oxygens (including phenoxy) is 1. The molecule has 0 saturated carbocycles. The minimum Gasteiger partial charge on any atom is -0.457 e. The van der Waals surface area contributed by atoms with E-state index in [-0.39, 0.29) is 11.0 Å². The fraction of sp³-hybridized carbons (Fsp3) is 0.278. The summed E-state index contributed by atoms with van der Waals surface area (Å²) < 4.78 is 19.3. The first-order valence-corrected chi connectivity index (χ1v) is 6.84. The Morgan fingerprint density at radius 2 is 1.81 bits per heavy atom. The average molecular weight is 286 g/mol. The molecule has 0 aromatic heterocycles. The molecule has 110 valence electrons. The summed E-state index contributed by atoms with van der Waals surface area (Å²) in [6.07, 6.45) is 0.607. The molecule has 0 spiro atoms. The second-order valence-electron chi connectivity index (χ2n) is 6.19. The van der Waals surface area contributed by atoms with E-state index in [2.05, 4.69) is 26.8 Å². The third-order valence-corrected chi connectivity index (χ3v) is 3.20. The SMILES string of the molecule is Cc1ccc(Oc2cc(F)cc(C=O)c2)c(C(C)(C)C)c1. The molecular formula is C18H19FO2. The number of aryl methyl sites for hydroxylation is 1. The Bertz CT molecular complexity index is 669. The van der Waals surface area contributed by atoms with Gasteiger partial charge in [0.1, 0.15) is 23.6 Å². The quantitative estimate of drug-likeness (QED) is 0.739. The Kier molecular flexibility index (Phi) is 4.12. The van der Waals surface area contributed by atoms with E-state index in [0.717, 1.165) is 11.1 Å². The van der Waals surface area contributed by atoms with Crippen molar-refractivity contribution >= 4 is 6.29 Å². The lowest BCUT2D eigenvalue weighted by Gasteiger charge is -2.23. The lowest BCUT2D eigenvalue weighted by Crippen LogP contribution is -2.12. The largest absolute Gasteiger partial charge is 0.457 e. The summed E-state index contributed by atoms with van der Waals surface area (Å²) in [5.74, 6) is 0.515. The van der Waals surface area contributed by atoms with Crippen LogP contribution >= 0.6 is 0 Å². The number of rotatable bonds is 3. The van der Waals surface area contributed by atoms with E-state index in [1.165, 1.54) is 18.2 Å². The first-order valence-electron chi connectivity index (χ1n) is 6.84. The van der Waals surface area contributed by atoms with Crippen molar-refractivity contribution in [3.8, 4) is 11.5 Å². The van der Waals surface area contributed by atoms with Crippen molar-refractivity contribution in [2.75, 3.05) is 0 Å². The Balaban J connectivity index is 2.44. The smallest absolute Gasteiger partial charge is 0.150 e. The summed E-state index contributed by atoms with van der Waals surface area (Å²) in [7, 11) is 0. The van der Waals surface area contributed by atoms with Gasteiger partial charge in [0, 0.05) is 17.2 Å². The lowest BCUT2D eigenvalue weighted by molar-refractivity contribution is 0.112. The van der Waals surface area contributed by atoms with Crippen molar-refractivity contribution in [3.05, 3.63) is 58.9 Å². The van der Waals surface area contributed by atoms with Crippen LogP contribution in [0, 0.1) is 12.7 Å². The second-order valence-corrected chi connectivity index (χ2v) is 6.19. The minimum absolute atomic E-state index is 0.0951. The standard InChI is InChI=1S/C18H19FO2/c1-12-5-6-17(16(7-12)18(2,3)4)21-15-9-13(11-20)8-14(19)10-15/h5-11H,1-4H3. The molecule has 2 aromatic carbocycles. The van der Waals surface area contributed by atoms with Gasteiger partial charge in [0.25, 0.3) is 0 Å². The van der Waals surface area contributed by atoms with E-state index in [1.807, 2.05) is 19.1 Å². The third kappa shape index (κ3) is 3.69. The highest BCUT2D eigenvalue weighted by Crippen LogP contribution is 2.35. The maximum atomic E-state index is 13.5. The number of carbonyl (C=O) groups excluding carboxylic acids is 1. The van der Waals surface area contributed by atoms with E-state index in [0.29, 0.717) is 17.8 Å². The van der Waals surface area contributed by atoms with Crippen LogP contribution in [0.2, 0.25) is 0 Å². The number of hydrogen-bond donors (Lipinski definition) is 0. The van der Waals surface area contributed by atoms with Crippen molar-refractivity contribution in [1.29, 1.82) is 0 Å². The first-order chi connectivity index (χ1) is 9.79. The molecule has 0 saturated heterocycles. The van der Waals surface area contributed by atoms with Gasteiger partial charge in [-0.3, -0.25) is 4.79 Å². The molecular weight excluding hydrogens is 267 g/mol. The molecule has 0 radical (unpaired) electrons. The zero-order valence-electron chi connectivity index (χ0n) is 12.7. The van der Waals surface area contributed by atoms with Gasteiger partial charge in [-0.2, -0.15) is 0 Å². The molecule has 0 unspecified atom stereocenters. The lowest BCUT2D eigenvalue weighted by atomic mass is 9.85. The van der Waals surface area contributed by atoms with E-state index in [4.69, 9.17) is 4.74 Å². The fourth-order valence-electron chi connectivity index (χ4n) is 2.16. The molecule has 0 amide bonds. The van der Waals surface area contributed by atoms with Crippen LogP contribution in [0.3, 0.4) is 0 Å². The van der Waals surface area contributed by atoms with Crippen molar-refractivity contribution in [1.82, 2.24) is 0 Å². The summed E-state index contributed by atoms with van der Waals surface area (Å²) >= 11 is 0. The predicted molar refractivity (Wildman–Crippen MR) is 81.7 cm³/mol. The zero-order valence-corrected chi connectivity index (χ0v) is 12.7. The van der Waals surface area contributed by atoms with Crippen molar-refractivity contribution in [3.63, 3.8) is 0 Å².